The number of hydrogen-bond donors (Lipinski definition) is 0. The fourth-order valence-corrected chi connectivity index (χ4v) is 1.15. The second-order valence-electron chi connectivity index (χ2n) is 5.17. The van der Waals surface area contributed by atoms with Gasteiger partial charge in [-0.15, -0.1) is 0 Å². The monoisotopic (exact) mass is 224 g/mol. The molecule has 0 radical (unpaired) electrons. The molecule has 16 heavy (non-hydrogen) atoms. The van der Waals surface area contributed by atoms with Crippen molar-refractivity contribution >= 4 is 5.78 Å². The number of nitrogens with zero attached hydrogens (tertiary/aromatic N) is 2. The first-order valence-corrected chi connectivity index (χ1v) is 5.50. The molecule has 1 aromatic rings. The van der Waals surface area contributed by atoms with Crippen molar-refractivity contribution in [1.29, 1.82) is 0 Å². The Morgan fingerprint density at radius 3 is 2.69 bits per heavy atom. The lowest BCUT2D eigenvalue weighted by Crippen LogP contribution is -2.11. The summed E-state index contributed by atoms with van der Waals surface area (Å²) in [7, 11) is 0. The lowest BCUT2D eigenvalue weighted by Gasteiger charge is -2.17. The molecule has 0 atom stereocenters. The van der Waals surface area contributed by atoms with E-state index in [4.69, 9.17) is 4.74 Å². The number of aromatic nitrogens is 2. The molecule has 0 spiro atoms. The molecule has 0 fully saturated rings. The van der Waals surface area contributed by atoms with Crippen LogP contribution in [-0.4, -0.2) is 22.2 Å². The first-order valence-electron chi connectivity index (χ1n) is 5.50. The van der Waals surface area contributed by atoms with Gasteiger partial charge < -0.3 is 4.74 Å². The van der Waals surface area contributed by atoms with Gasteiger partial charge in [-0.1, -0.05) is 20.8 Å². The van der Waals surface area contributed by atoms with Crippen LogP contribution in [0.3, 0.4) is 0 Å². The molecule has 4 heteroatoms. The standard InChI is InChI=1S/C12H20N2O2/c1-10(15)11-7-13-14(8-11)9-16-6-5-12(2,3)4/h7-8H,5-6,9H2,1-4H3. The summed E-state index contributed by atoms with van der Waals surface area (Å²) in [4.78, 5) is 11.0. The fraction of sp³-hybridized carbons (Fsp3) is 0.667. The second kappa shape index (κ2) is 5.25. The van der Waals surface area contributed by atoms with Crippen molar-refractivity contribution in [3.63, 3.8) is 0 Å². The molecule has 0 aliphatic heterocycles. The van der Waals surface area contributed by atoms with Gasteiger partial charge in [-0.25, -0.2) is 4.68 Å². The van der Waals surface area contributed by atoms with Crippen molar-refractivity contribution in [2.24, 2.45) is 5.41 Å². The molecule has 0 bridgehead atoms. The van der Waals surface area contributed by atoms with E-state index >= 15 is 0 Å². The maximum atomic E-state index is 11.0. The van der Waals surface area contributed by atoms with Gasteiger partial charge in [0, 0.05) is 12.8 Å². The Bertz CT molecular complexity index is 350. The summed E-state index contributed by atoms with van der Waals surface area (Å²) in [6.45, 7) is 9.18. The van der Waals surface area contributed by atoms with Crippen LogP contribution in [0.25, 0.3) is 0 Å². The summed E-state index contributed by atoms with van der Waals surface area (Å²) in [6, 6.07) is 0. The zero-order valence-electron chi connectivity index (χ0n) is 10.5. The molecule has 0 aliphatic rings. The highest BCUT2D eigenvalue weighted by Crippen LogP contribution is 2.17. The highest BCUT2D eigenvalue weighted by molar-refractivity contribution is 5.93. The number of carbonyl (C=O) groups is 1. The van der Waals surface area contributed by atoms with Crippen molar-refractivity contribution in [3.05, 3.63) is 18.0 Å². The van der Waals surface area contributed by atoms with Gasteiger partial charge in [-0.3, -0.25) is 4.79 Å². The second-order valence-corrected chi connectivity index (χ2v) is 5.17. The summed E-state index contributed by atoms with van der Waals surface area (Å²) in [5.41, 5.74) is 0.911. The van der Waals surface area contributed by atoms with Crippen LogP contribution in [-0.2, 0) is 11.5 Å². The average molecular weight is 224 g/mol. The quantitative estimate of drug-likeness (QED) is 0.570. The molecule has 1 rings (SSSR count). The number of ketones is 1. The number of Topliss-reactive ketones (excluding diaryl/α,β-unsaturated/α-hetero) is 1. The minimum atomic E-state index is 0.0286. The summed E-state index contributed by atoms with van der Waals surface area (Å²) in [5.74, 6) is 0.0286. The molecule has 1 aromatic heterocycles. The van der Waals surface area contributed by atoms with Crippen molar-refractivity contribution < 1.29 is 9.53 Å². The van der Waals surface area contributed by atoms with Crippen LogP contribution in [0.5, 0.6) is 0 Å². The third-order valence-electron chi connectivity index (χ3n) is 2.26. The Kier molecular flexibility index (Phi) is 4.24. The van der Waals surface area contributed by atoms with Gasteiger partial charge in [0.05, 0.1) is 11.8 Å². The normalized spacial score (nSPS) is 11.8. The van der Waals surface area contributed by atoms with Crippen molar-refractivity contribution in [1.82, 2.24) is 9.78 Å². The van der Waals surface area contributed by atoms with Gasteiger partial charge in [0.25, 0.3) is 0 Å². The summed E-state index contributed by atoms with van der Waals surface area (Å²) in [6.07, 6.45) is 4.28. The fourth-order valence-electron chi connectivity index (χ4n) is 1.15. The largest absolute Gasteiger partial charge is 0.359 e. The van der Waals surface area contributed by atoms with Crippen LogP contribution in [0.4, 0.5) is 0 Å². The average Bonchev–Trinajstić information content (AvgIpc) is 2.59. The van der Waals surface area contributed by atoms with Crippen LogP contribution in [0.1, 0.15) is 44.5 Å². The minimum Gasteiger partial charge on any atom is -0.359 e. The van der Waals surface area contributed by atoms with E-state index in [0.717, 1.165) is 6.42 Å². The van der Waals surface area contributed by atoms with E-state index in [1.807, 2.05) is 0 Å². The minimum absolute atomic E-state index is 0.0286. The number of hydrogen-bond acceptors (Lipinski definition) is 3. The molecule has 0 unspecified atom stereocenters. The Morgan fingerprint density at radius 1 is 1.50 bits per heavy atom. The van der Waals surface area contributed by atoms with Crippen molar-refractivity contribution in [3.8, 4) is 0 Å². The number of rotatable bonds is 5. The summed E-state index contributed by atoms with van der Waals surface area (Å²) >= 11 is 0. The lowest BCUT2D eigenvalue weighted by molar-refractivity contribution is 0.0517. The third kappa shape index (κ3) is 4.57. The van der Waals surface area contributed by atoms with Gasteiger partial charge in [-0.2, -0.15) is 5.10 Å². The Labute approximate surface area is 96.6 Å². The molecule has 1 heterocycles. The van der Waals surface area contributed by atoms with E-state index in [9.17, 15) is 4.79 Å². The highest BCUT2D eigenvalue weighted by Gasteiger charge is 2.09. The highest BCUT2D eigenvalue weighted by atomic mass is 16.5. The van der Waals surface area contributed by atoms with E-state index in [0.29, 0.717) is 18.9 Å². The summed E-state index contributed by atoms with van der Waals surface area (Å²) in [5, 5.41) is 4.04. The zero-order valence-corrected chi connectivity index (χ0v) is 10.5. The molecule has 0 aromatic carbocycles. The summed E-state index contributed by atoms with van der Waals surface area (Å²) < 4.78 is 7.12. The molecule has 4 nitrogen and oxygen atoms in total. The van der Waals surface area contributed by atoms with Crippen molar-refractivity contribution in [2.75, 3.05) is 6.61 Å². The van der Waals surface area contributed by atoms with Crippen molar-refractivity contribution in [2.45, 2.75) is 40.8 Å². The van der Waals surface area contributed by atoms with E-state index in [1.165, 1.54) is 6.92 Å². The number of ether oxygens (including phenoxy) is 1. The lowest BCUT2D eigenvalue weighted by atomic mass is 9.93. The Hall–Kier alpha value is -1.16. The van der Waals surface area contributed by atoms with E-state index in [1.54, 1.807) is 17.1 Å². The van der Waals surface area contributed by atoms with E-state index < -0.39 is 0 Å². The molecule has 0 saturated carbocycles. The first-order chi connectivity index (χ1) is 7.38. The molecule has 0 saturated heterocycles. The van der Waals surface area contributed by atoms with Crippen LogP contribution < -0.4 is 0 Å². The van der Waals surface area contributed by atoms with Gasteiger partial charge in [0.1, 0.15) is 6.73 Å². The predicted molar refractivity (Wildman–Crippen MR) is 62.3 cm³/mol. The van der Waals surface area contributed by atoms with Crippen LogP contribution >= 0.6 is 0 Å². The van der Waals surface area contributed by atoms with Gasteiger partial charge in [-0.05, 0) is 18.8 Å². The first kappa shape index (κ1) is 12.9. The molecule has 0 aliphatic carbocycles. The van der Waals surface area contributed by atoms with Gasteiger partial charge >= 0.3 is 0 Å². The maximum Gasteiger partial charge on any atom is 0.162 e. The molecule has 0 N–H and O–H groups in total. The van der Waals surface area contributed by atoms with Crippen LogP contribution in [0.15, 0.2) is 12.4 Å². The maximum absolute atomic E-state index is 11.0. The molecular weight excluding hydrogens is 204 g/mol. The van der Waals surface area contributed by atoms with Crippen LogP contribution in [0, 0.1) is 5.41 Å². The van der Waals surface area contributed by atoms with Crippen LogP contribution in [0.2, 0.25) is 0 Å². The zero-order chi connectivity index (χ0) is 12.2. The molecule has 0 amide bonds. The topological polar surface area (TPSA) is 44.1 Å². The SMILES string of the molecule is CC(=O)c1cnn(COCCC(C)(C)C)c1. The predicted octanol–water partition coefficient (Wildman–Crippen LogP) is 2.50. The molecular formula is C12H20N2O2. The number of carbonyl (C=O) groups excluding carboxylic acids is 1. The van der Waals surface area contributed by atoms with E-state index in [2.05, 4.69) is 25.9 Å². The Balaban J connectivity index is 2.30. The third-order valence-corrected chi connectivity index (χ3v) is 2.26. The smallest absolute Gasteiger partial charge is 0.162 e. The van der Waals surface area contributed by atoms with E-state index in [-0.39, 0.29) is 11.2 Å². The Morgan fingerprint density at radius 2 is 2.19 bits per heavy atom. The van der Waals surface area contributed by atoms with Gasteiger partial charge in [0.2, 0.25) is 0 Å². The molecule has 90 valence electrons. The van der Waals surface area contributed by atoms with Gasteiger partial charge in [0.15, 0.2) is 5.78 Å².